The van der Waals surface area contributed by atoms with E-state index in [9.17, 15) is 4.79 Å². The van der Waals surface area contributed by atoms with E-state index in [0.29, 0.717) is 28.1 Å². The lowest BCUT2D eigenvalue weighted by Crippen LogP contribution is -2.12. The summed E-state index contributed by atoms with van der Waals surface area (Å²) in [5, 5.41) is 14.5. The van der Waals surface area contributed by atoms with Gasteiger partial charge in [-0.15, -0.1) is 11.3 Å². The summed E-state index contributed by atoms with van der Waals surface area (Å²) >= 11 is 1.34. The van der Waals surface area contributed by atoms with E-state index >= 15 is 0 Å². The fourth-order valence-electron chi connectivity index (χ4n) is 2.05. The molecule has 0 radical (unpaired) electrons. The lowest BCUT2D eigenvalue weighted by molar-refractivity contribution is 0.102. The number of aromatic nitrogens is 3. The molecule has 8 nitrogen and oxygen atoms in total. The highest BCUT2D eigenvalue weighted by molar-refractivity contribution is 7.14. The summed E-state index contributed by atoms with van der Waals surface area (Å²) in [6.07, 6.45) is 1.56. The number of anilines is 3. The fourth-order valence-corrected chi connectivity index (χ4v) is 2.76. The highest BCUT2D eigenvalue weighted by atomic mass is 32.1. The van der Waals surface area contributed by atoms with Gasteiger partial charge in [0.15, 0.2) is 16.6 Å². The molecule has 3 aromatic rings. The van der Waals surface area contributed by atoms with Crippen molar-refractivity contribution in [2.75, 3.05) is 17.4 Å². The SMILES string of the molecule is O=C(Nc1ccn[nH]1)c1csc(Nc2ccc3c(c2)OCO3)n1. The van der Waals surface area contributed by atoms with Crippen LogP contribution in [0.3, 0.4) is 0 Å². The van der Waals surface area contributed by atoms with E-state index in [0.717, 1.165) is 5.69 Å². The molecule has 1 aliphatic rings. The second-order valence-electron chi connectivity index (χ2n) is 4.66. The molecule has 0 saturated carbocycles. The van der Waals surface area contributed by atoms with Crippen LogP contribution in [0.4, 0.5) is 16.6 Å². The van der Waals surface area contributed by atoms with Gasteiger partial charge in [-0.05, 0) is 12.1 Å². The highest BCUT2D eigenvalue weighted by Crippen LogP contribution is 2.35. The Kier molecular flexibility index (Phi) is 3.31. The average molecular weight is 329 g/mol. The number of amides is 1. The maximum absolute atomic E-state index is 12.1. The molecule has 4 rings (SSSR count). The summed E-state index contributed by atoms with van der Waals surface area (Å²) in [5.74, 6) is 1.62. The second kappa shape index (κ2) is 5.61. The Hall–Kier alpha value is -3.07. The molecule has 9 heteroatoms. The molecular weight excluding hydrogens is 318 g/mol. The molecule has 3 heterocycles. The van der Waals surface area contributed by atoms with Crippen LogP contribution in [0.1, 0.15) is 10.5 Å². The minimum Gasteiger partial charge on any atom is -0.454 e. The number of hydrogen-bond acceptors (Lipinski definition) is 7. The summed E-state index contributed by atoms with van der Waals surface area (Å²) in [6, 6.07) is 7.17. The van der Waals surface area contributed by atoms with Crippen molar-refractivity contribution in [3.8, 4) is 11.5 Å². The number of carbonyl (C=O) groups excluding carboxylic acids is 1. The third-order valence-corrected chi connectivity index (χ3v) is 3.87. The zero-order chi connectivity index (χ0) is 15.6. The van der Waals surface area contributed by atoms with Gasteiger partial charge < -0.3 is 20.1 Å². The Morgan fingerprint density at radius 1 is 1.26 bits per heavy atom. The first-order valence-electron chi connectivity index (χ1n) is 6.71. The number of nitrogens with zero attached hydrogens (tertiary/aromatic N) is 2. The zero-order valence-electron chi connectivity index (χ0n) is 11.7. The minimum absolute atomic E-state index is 0.230. The second-order valence-corrected chi connectivity index (χ2v) is 5.51. The monoisotopic (exact) mass is 329 g/mol. The minimum atomic E-state index is -0.302. The molecule has 3 N–H and O–H groups in total. The molecule has 0 saturated heterocycles. The van der Waals surface area contributed by atoms with E-state index in [1.54, 1.807) is 17.6 Å². The van der Waals surface area contributed by atoms with Crippen LogP contribution in [0.25, 0.3) is 0 Å². The standard InChI is InChI=1S/C14H11N5O3S/c20-13(18-12-3-4-15-19-12)9-6-23-14(17-9)16-8-1-2-10-11(5-8)22-7-21-10/h1-6H,7H2,(H,16,17)(H2,15,18,19,20). The van der Waals surface area contributed by atoms with Crippen molar-refractivity contribution in [3.63, 3.8) is 0 Å². The van der Waals surface area contributed by atoms with E-state index in [4.69, 9.17) is 9.47 Å². The number of hydrogen-bond donors (Lipinski definition) is 3. The summed E-state index contributed by atoms with van der Waals surface area (Å²) in [4.78, 5) is 16.3. The van der Waals surface area contributed by atoms with Crippen LogP contribution in [0, 0.1) is 0 Å². The Morgan fingerprint density at radius 3 is 3.04 bits per heavy atom. The van der Waals surface area contributed by atoms with E-state index in [2.05, 4.69) is 25.8 Å². The predicted molar refractivity (Wildman–Crippen MR) is 84.5 cm³/mol. The highest BCUT2D eigenvalue weighted by Gasteiger charge is 2.15. The molecule has 116 valence electrons. The van der Waals surface area contributed by atoms with Gasteiger partial charge in [0.25, 0.3) is 5.91 Å². The van der Waals surface area contributed by atoms with Crippen molar-refractivity contribution >= 4 is 33.9 Å². The number of ether oxygens (including phenoxy) is 2. The van der Waals surface area contributed by atoms with E-state index in [-0.39, 0.29) is 12.7 Å². The van der Waals surface area contributed by atoms with Crippen LogP contribution < -0.4 is 20.1 Å². The molecule has 0 fully saturated rings. The third kappa shape index (κ3) is 2.81. The van der Waals surface area contributed by atoms with Gasteiger partial charge in [-0.25, -0.2) is 4.98 Å². The van der Waals surface area contributed by atoms with Gasteiger partial charge >= 0.3 is 0 Å². The van der Waals surface area contributed by atoms with Crippen LogP contribution >= 0.6 is 11.3 Å². The van der Waals surface area contributed by atoms with Crippen molar-refractivity contribution in [2.45, 2.75) is 0 Å². The largest absolute Gasteiger partial charge is 0.454 e. The number of carbonyl (C=O) groups is 1. The van der Waals surface area contributed by atoms with E-state index in [1.165, 1.54) is 11.3 Å². The van der Waals surface area contributed by atoms with Gasteiger partial charge in [0, 0.05) is 23.2 Å². The summed E-state index contributed by atoms with van der Waals surface area (Å²) in [7, 11) is 0. The molecule has 0 aliphatic carbocycles. The Morgan fingerprint density at radius 2 is 2.17 bits per heavy atom. The van der Waals surface area contributed by atoms with E-state index in [1.807, 2.05) is 18.2 Å². The molecule has 23 heavy (non-hydrogen) atoms. The van der Waals surface area contributed by atoms with Crippen LogP contribution in [0.2, 0.25) is 0 Å². The summed E-state index contributed by atoms with van der Waals surface area (Å²) in [6.45, 7) is 0.230. The predicted octanol–water partition coefficient (Wildman–Crippen LogP) is 2.59. The number of benzene rings is 1. The van der Waals surface area contributed by atoms with Gasteiger partial charge in [-0.1, -0.05) is 0 Å². The molecule has 1 aliphatic heterocycles. The van der Waals surface area contributed by atoms with Crippen molar-refractivity contribution < 1.29 is 14.3 Å². The molecule has 2 aromatic heterocycles. The topological polar surface area (TPSA) is 101 Å². The van der Waals surface area contributed by atoms with Crippen LogP contribution in [0.5, 0.6) is 11.5 Å². The zero-order valence-corrected chi connectivity index (χ0v) is 12.5. The molecule has 0 unspecified atom stereocenters. The molecule has 1 aromatic carbocycles. The Balaban J connectivity index is 1.46. The van der Waals surface area contributed by atoms with Crippen molar-refractivity contribution in [3.05, 3.63) is 41.5 Å². The molecular formula is C14H11N5O3S. The summed E-state index contributed by atoms with van der Waals surface area (Å²) < 4.78 is 10.6. The van der Waals surface area contributed by atoms with Gasteiger partial charge in [0.2, 0.25) is 6.79 Å². The quantitative estimate of drug-likeness (QED) is 0.680. The van der Waals surface area contributed by atoms with Gasteiger partial charge in [-0.3, -0.25) is 9.89 Å². The lowest BCUT2D eigenvalue weighted by Gasteiger charge is -2.03. The van der Waals surface area contributed by atoms with Gasteiger partial charge in [-0.2, -0.15) is 5.10 Å². The van der Waals surface area contributed by atoms with Crippen LogP contribution in [-0.4, -0.2) is 27.9 Å². The number of aromatic amines is 1. The Bertz CT molecular complexity index is 846. The number of fused-ring (bicyclic) bond motifs is 1. The average Bonchev–Trinajstić information content (AvgIpc) is 3.27. The van der Waals surface area contributed by atoms with Crippen molar-refractivity contribution in [2.24, 2.45) is 0 Å². The Labute approximate surface area is 134 Å². The molecule has 0 spiro atoms. The smallest absolute Gasteiger partial charge is 0.276 e. The fraction of sp³-hybridized carbons (Fsp3) is 0.0714. The van der Waals surface area contributed by atoms with E-state index < -0.39 is 0 Å². The number of thiazole rings is 1. The molecule has 0 atom stereocenters. The first-order valence-corrected chi connectivity index (χ1v) is 7.59. The first-order chi connectivity index (χ1) is 11.3. The number of rotatable bonds is 4. The maximum atomic E-state index is 12.1. The molecule has 0 bridgehead atoms. The van der Waals surface area contributed by atoms with Gasteiger partial charge in [0.1, 0.15) is 11.5 Å². The summed E-state index contributed by atoms with van der Waals surface area (Å²) in [5.41, 5.74) is 1.14. The first kappa shape index (κ1) is 13.6. The maximum Gasteiger partial charge on any atom is 0.276 e. The normalized spacial score (nSPS) is 12.2. The lowest BCUT2D eigenvalue weighted by atomic mass is 10.3. The van der Waals surface area contributed by atoms with Crippen molar-refractivity contribution in [1.82, 2.24) is 15.2 Å². The van der Waals surface area contributed by atoms with Gasteiger partial charge in [0.05, 0.1) is 6.20 Å². The van der Waals surface area contributed by atoms with Crippen molar-refractivity contribution in [1.29, 1.82) is 0 Å². The number of H-pyrrole nitrogens is 1. The number of nitrogens with one attached hydrogen (secondary N) is 3. The molecule has 1 amide bonds. The third-order valence-electron chi connectivity index (χ3n) is 3.11. The van der Waals surface area contributed by atoms with Crippen LogP contribution in [-0.2, 0) is 0 Å². The van der Waals surface area contributed by atoms with Crippen LogP contribution in [0.15, 0.2) is 35.8 Å².